The number of anilines is 1. The van der Waals surface area contributed by atoms with E-state index in [0.717, 1.165) is 29.1 Å². The number of hydrazone groups is 1. The minimum atomic E-state index is 0.124. The van der Waals surface area contributed by atoms with E-state index in [1.807, 2.05) is 31.2 Å². The monoisotopic (exact) mass is 462 g/mol. The van der Waals surface area contributed by atoms with Gasteiger partial charge in [-0.25, -0.2) is 0 Å². The van der Waals surface area contributed by atoms with Crippen molar-refractivity contribution >= 4 is 11.4 Å². The Balaban J connectivity index is 1.37. The molecule has 0 aromatic heterocycles. The van der Waals surface area contributed by atoms with E-state index in [0.29, 0.717) is 19.8 Å². The second-order valence-electron chi connectivity index (χ2n) is 8.50. The second kappa shape index (κ2) is 11.0. The maximum atomic E-state index is 5.81. The van der Waals surface area contributed by atoms with Gasteiger partial charge in [0.2, 0.25) is 0 Å². The standard InChI is InChI=1S/C31H30N2O2/c1-2-34-21-22-35-29-19-17-27(18-20-29)31-23-30(32-33(31)28-11-7-4-8-12-28)26-15-13-25(14-16-26)24-9-5-3-6-10-24/h3-20,31H,2,21-23H2,1H3. The summed E-state index contributed by atoms with van der Waals surface area (Å²) in [7, 11) is 0. The predicted molar refractivity (Wildman–Crippen MR) is 143 cm³/mol. The molecular formula is C31H30N2O2. The van der Waals surface area contributed by atoms with Crippen LogP contribution in [-0.4, -0.2) is 25.5 Å². The van der Waals surface area contributed by atoms with Crippen molar-refractivity contribution in [1.29, 1.82) is 0 Å². The lowest BCUT2D eigenvalue weighted by Crippen LogP contribution is -2.18. The van der Waals surface area contributed by atoms with Crippen LogP contribution < -0.4 is 9.75 Å². The highest BCUT2D eigenvalue weighted by molar-refractivity contribution is 6.03. The van der Waals surface area contributed by atoms with Crippen molar-refractivity contribution in [3.63, 3.8) is 0 Å². The highest BCUT2D eigenvalue weighted by Crippen LogP contribution is 2.37. The van der Waals surface area contributed by atoms with Crippen LogP contribution in [0.15, 0.2) is 114 Å². The Morgan fingerprint density at radius 1 is 0.714 bits per heavy atom. The third-order valence-corrected chi connectivity index (χ3v) is 6.22. The number of rotatable bonds is 9. The molecule has 1 heterocycles. The van der Waals surface area contributed by atoms with Gasteiger partial charge in [-0.15, -0.1) is 0 Å². The lowest BCUT2D eigenvalue weighted by atomic mass is 9.96. The van der Waals surface area contributed by atoms with Gasteiger partial charge in [0.05, 0.1) is 24.0 Å². The van der Waals surface area contributed by atoms with Crippen LogP contribution in [0.3, 0.4) is 0 Å². The van der Waals surface area contributed by atoms with Crippen LogP contribution in [-0.2, 0) is 4.74 Å². The molecular weight excluding hydrogens is 432 g/mol. The molecule has 0 fully saturated rings. The van der Waals surface area contributed by atoms with Crippen LogP contribution in [0.1, 0.15) is 30.5 Å². The summed E-state index contributed by atoms with van der Waals surface area (Å²) in [5.74, 6) is 0.857. The van der Waals surface area contributed by atoms with E-state index in [1.54, 1.807) is 0 Å². The lowest BCUT2D eigenvalue weighted by Gasteiger charge is -2.24. The van der Waals surface area contributed by atoms with Gasteiger partial charge in [0.25, 0.3) is 0 Å². The van der Waals surface area contributed by atoms with Gasteiger partial charge in [0, 0.05) is 13.0 Å². The van der Waals surface area contributed by atoms with Gasteiger partial charge in [-0.2, -0.15) is 5.10 Å². The van der Waals surface area contributed by atoms with Gasteiger partial charge >= 0.3 is 0 Å². The largest absolute Gasteiger partial charge is 0.491 e. The first-order chi connectivity index (χ1) is 17.3. The van der Waals surface area contributed by atoms with Crippen LogP contribution in [0, 0.1) is 0 Å². The molecule has 1 atom stereocenters. The molecule has 0 spiro atoms. The third-order valence-electron chi connectivity index (χ3n) is 6.22. The van der Waals surface area contributed by atoms with Crippen molar-refractivity contribution in [2.75, 3.05) is 24.8 Å². The van der Waals surface area contributed by atoms with E-state index in [1.165, 1.54) is 16.7 Å². The third kappa shape index (κ3) is 5.44. The van der Waals surface area contributed by atoms with Crippen LogP contribution in [0.4, 0.5) is 5.69 Å². The molecule has 0 radical (unpaired) electrons. The number of para-hydroxylation sites is 1. The van der Waals surface area contributed by atoms with E-state index < -0.39 is 0 Å². The molecule has 1 unspecified atom stereocenters. The van der Waals surface area contributed by atoms with Crippen molar-refractivity contribution in [2.45, 2.75) is 19.4 Å². The average Bonchev–Trinajstić information content (AvgIpc) is 3.38. The Bertz CT molecular complexity index is 1240. The Hall–Kier alpha value is -3.89. The molecule has 4 heteroatoms. The average molecular weight is 463 g/mol. The highest BCUT2D eigenvalue weighted by atomic mass is 16.5. The fourth-order valence-electron chi connectivity index (χ4n) is 4.40. The maximum absolute atomic E-state index is 5.81. The number of hydrogen-bond acceptors (Lipinski definition) is 4. The van der Waals surface area contributed by atoms with Gasteiger partial charge in [0.15, 0.2) is 0 Å². The van der Waals surface area contributed by atoms with E-state index >= 15 is 0 Å². The fourth-order valence-corrected chi connectivity index (χ4v) is 4.40. The van der Waals surface area contributed by atoms with E-state index in [2.05, 4.69) is 89.9 Å². The SMILES string of the molecule is CCOCCOc1ccc(C2CC(c3ccc(-c4ccccc4)cc3)=NN2c2ccccc2)cc1. The van der Waals surface area contributed by atoms with Crippen LogP contribution in [0.5, 0.6) is 5.75 Å². The summed E-state index contributed by atoms with van der Waals surface area (Å²) in [4.78, 5) is 0. The minimum absolute atomic E-state index is 0.124. The highest BCUT2D eigenvalue weighted by Gasteiger charge is 2.29. The number of ether oxygens (including phenoxy) is 2. The first-order valence-corrected chi connectivity index (χ1v) is 12.2. The zero-order valence-corrected chi connectivity index (χ0v) is 20.0. The summed E-state index contributed by atoms with van der Waals surface area (Å²) in [6.45, 7) is 3.85. The molecule has 1 aliphatic heterocycles. The van der Waals surface area contributed by atoms with Gasteiger partial charge < -0.3 is 9.47 Å². The van der Waals surface area contributed by atoms with Crippen molar-refractivity contribution in [2.24, 2.45) is 5.10 Å². The lowest BCUT2D eigenvalue weighted by molar-refractivity contribution is 0.110. The maximum Gasteiger partial charge on any atom is 0.119 e. The summed E-state index contributed by atoms with van der Waals surface area (Å²) in [6, 6.07) is 38.1. The van der Waals surface area contributed by atoms with E-state index in [-0.39, 0.29) is 6.04 Å². The molecule has 5 rings (SSSR count). The summed E-state index contributed by atoms with van der Waals surface area (Å²) < 4.78 is 11.2. The molecule has 35 heavy (non-hydrogen) atoms. The first-order valence-electron chi connectivity index (χ1n) is 12.2. The van der Waals surface area contributed by atoms with Crippen LogP contribution in [0.2, 0.25) is 0 Å². The van der Waals surface area contributed by atoms with Gasteiger partial charge in [-0.3, -0.25) is 5.01 Å². The molecule has 0 aliphatic carbocycles. The van der Waals surface area contributed by atoms with Gasteiger partial charge in [0.1, 0.15) is 12.4 Å². The molecule has 0 saturated heterocycles. The number of nitrogens with zero attached hydrogens (tertiary/aromatic N) is 2. The topological polar surface area (TPSA) is 34.1 Å². The second-order valence-corrected chi connectivity index (χ2v) is 8.50. The fraction of sp³-hybridized carbons (Fsp3) is 0.194. The molecule has 1 aliphatic rings. The molecule has 4 aromatic carbocycles. The minimum Gasteiger partial charge on any atom is -0.491 e. The van der Waals surface area contributed by atoms with Crippen molar-refractivity contribution in [3.8, 4) is 16.9 Å². The Morgan fingerprint density at radius 2 is 1.34 bits per heavy atom. The Labute approximate surface area is 207 Å². The van der Waals surface area contributed by atoms with Crippen LogP contribution in [0.25, 0.3) is 11.1 Å². The molecule has 0 amide bonds. The zero-order chi connectivity index (χ0) is 23.9. The summed E-state index contributed by atoms with van der Waals surface area (Å²) in [5, 5.41) is 7.23. The number of benzene rings is 4. The van der Waals surface area contributed by atoms with E-state index in [9.17, 15) is 0 Å². The summed E-state index contributed by atoms with van der Waals surface area (Å²) in [6.07, 6.45) is 0.837. The smallest absolute Gasteiger partial charge is 0.119 e. The normalized spacial score (nSPS) is 15.2. The number of hydrogen-bond donors (Lipinski definition) is 0. The zero-order valence-electron chi connectivity index (χ0n) is 20.0. The van der Waals surface area contributed by atoms with Crippen molar-refractivity contribution < 1.29 is 9.47 Å². The summed E-state index contributed by atoms with van der Waals surface area (Å²) in [5.41, 5.74) is 6.99. The molecule has 0 bridgehead atoms. The molecule has 176 valence electrons. The quantitative estimate of drug-likeness (QED) is 0.248. The van der Waals surface area contributed by atoms with Gasteiger partial charge in [-0.1, -0.05) is 84.9 Å². The Morgan fingerprint density at radius 3 is 2.03 bits per heavy atom. The van der Waals surface area contributed by atoms with Gasteiger partial charge in [-0.05, 0) is 53.4 Å². The molecule has 4 aromatic rings. The van der Waals surface area contributed by atoms with Crippen LogP contribution >= 0.6 is 0 Å². The predicted octanol–water partition coefficient (Wildman–Crippen LogP) is 7.12. The molecule has 4 nitrogen and oxygen atoms in total. The summed E-state index contributed by atoms with van der Waals surface area (Å²) >= 11 is 0. The van der Waals surface area contributed by atoms with Crippen molar-refractivity contribution in [1.82, 2.24) is 0 Å². The molecule has 0 N–H and O–H groups in total. The molecule has 0 saturated carbocycles. The van der Waals surface area contributed by atoms with Crippen molar-refractivity contribution in [3.05, 3.63) is 120 Å². The Kier molecular flexibility index (Phi) is 7.21. The van der Waals surface area contributed by atoms with E-state index in [4.69, 9.17) is 14.6 Å². The first kappa shape index (κ1) is 22.9.